The smallest absolute Gasteiger partial charge is 0.309 e. The van der Waals surface area contributed by atoms with Crippen molar-refractivity contribution in [2.24, 2.45) is 5.92 Å². The highest BCUT2D eigenvalue weighted by molar-refractivity contribution is 7.13. The first kappa shape index (κ1) is 14.2. The molecule has 1 atom stereocenters. The van der Waals surface area contributed by atoms with Crippen molar-refractivity contribution in [3.63, 3.8) is 0 Å². The topological polar surface area (TPSA) is 68.5 Å². The van der Waals surface area contributed by atoms with Gasteiger partial charge in [-0.15, -0.1) is 11.3 Å². The van der Waals surface area contributed by atoms with Crippen LogP contribution >= 0.6 is 11.3 Å². The number of carbonyl (C=O) groups is 1. The van der Waals surface area contributed by atoms with E-state index in [1.165, 1.54) is 7.11 Å². The second-order valence-corrected chi connectivity index (χ2v) is 6.04. The van der Waals surface area contributed by atoms with Crippen molar-refractivity contribution in [2.75, 3.05) is 20.2 Å². The standard InChI is InChI=1S/C14H17N3O3S/c1-19-14(18)10-4-2-6-17(8-10)9-12-15-13(20-16-12)11-5-3-7-21-11/h3,5,7,10H,2,4,6,8-9H2,1H3. The number of nitrogens with zero attached hydrogens (tertiary/aromatic N) is 3. The van der Waals surface area contributed by atoms with Gasteiger partial charge in [0.15, 0.2) is 5.82 Å². The fourth-order valence-corrected chi connectivity index (χ4v) is 3.22. The van der Waals surface area contributed by atoms with Gasteiger partial charge >= 0.3 is 5.97 Å². The van der Waals surface area contributed by atoms with E-state index in [1.54, 1.807) is 11.3 Å². The van der Waals surface area contributed by atoms with Crippen LogP contribution in [-0.2, 0) is 16.1 Å². The van der Waals surface area contributed by atoms with Gasteiger partial charge in [0, 0.05) is 6.54 Å². The summed E-state index contributed by atoms with van der Waals surface area (Å²) in [5.41, 5.74) is 0. The number of methoxy groups -OCH3 is 1. The molecule has 3 heterocycles. The second kappa shape index (κ2) is 6.36. The Morgan fingerprint density at radius 2 is 2.52 bits per heavy atom. The summed E-state index contributed by atoms with van der Waals surface area (Å²) in [5, 5.41) is 6.00. The van der Waals surface area contributed by atoms with Gasteiger partial charge in [-0.05, 0) is 30.8 Å². The molecule has 3 rings (SSSR count). The third kappa shape index (κ3) is 3.30. The number of esters is 1. The number of aromatic nitrogens is 2. The summed E-state index contributed by atoms with van der Waals surface area (Å²) >= 11 is 1.57. The summed E-state index contributed by atoms with van der Waals surface area (Å²) in [7, 11) is 1.44. The number of thiophene rings is 1. The zero-order chi connectivity index (χ0) is 14.7. The Morgan fingerprint density at radius 3 is 3.29 bits per heavy atom. The zero-order valence-corrected chi connectivity index (χ0v) is 12.6. The van der Waals surface area contributed by atoms with Gasteiger partial charge in [0.2, 0.25) is 0 Å². The number of hydrogen-bond donors (Lipinski definition) is 0. The molecule has 1 fully saturated rings. The van der Waals surface area contributed by atoms with Crippen LogP contribution < -0.4 is 0 Å². The van der Waals surface area contributed by atoms with E-state index >= 15 is 0 Å². The van der Waals surface area contributed by atoms with Gasteiger partial charge in [-0.1, -0.05) is 11.2 Å². The lowest BCUT2D eigenvalue weighted by atomic mass is 9.98. The van der Waals surface area contributed by atoms with E-state index < -0.39 is 0 Å². The van der Waals surface area contributed by atoms with Crippen LogP contribution in [0.1, 0.15) is 18.7 Å². The quantitative estimate of drug-likeness (QED) is 0.807. The maximum atomic E-state index is 11.6. The van der Waals surface area contributed by atoms with Gasteiger partial charge < -0.3 is 9.26 Å². The molecule has 1 aliphatic rings. The van der Waals surface area contributed by atoms with E-state index in [4.69, 9.17) is 9.26 Å². The van der Waals surface area contributed by atoms with E-state index in [0.717, 1.165) is 24.3 Å². The van der Waals surface area contributed by atoms with Gasteiger partial charge in [-0.25, -0.2) is 0 Å². The predicted molar refractivity (Wildman–Crippen MR) is 77.6 cm³/mol. The van der Waals surface area contributed by atoms with Crippen LogP contribution in [0.5, 0.6) is 0 Å². The molecular formula is C14H17N3O3S. The van der Waals surface area contributed by atoms with Crippen LogP contribution in [0.4, 0.5) is 0 Å². The third-order valence-corrected chi connectivity index (χ3v) is 4.46. The molecular weight excluding hydrogens is 290 g/mol. The minimum Gasteiger partial charge on any atom is -0.469 e. The second-order valence-electron chi connectivity index (χ2n) is 5.09. The lowest BCUT2D eigenvalue weighted by Gasteiger charge is -2.30. The number of carbonyl (C=O) groups excluding carboxylic acids is 1. The Morgan fingerprint density at radius 1 is 1.62 bits per heavy atom. The molecule has 0 bridgehead atoms. The molecule has 6 nitrogen and oxygen atoms in total. The highest BCUT2D eigenvalue weighted by atomic mass is 32.1. The Kier molecular flexibility index (Phi) is 4.31. The Balaban J connectivity index is 1.62. The summed E-state index contributed by atoms with van der Waals surface area (Å²) in [4.78, 5) is 19.2. The molecule has 112 valence electrons. The summed E-state index contributed by atoms with van der Waals surface area (Å²) in [6.07, 6.45) is 1.87. The SMILES string of the molecule is COC(=O)C1CCCN(Cc2noc(-c3cccs3)n2)C1. The maximum absolute atomic E-state index is 11.6. The van der Waals surface area contributed by atoms with E-state index in [9.17, 15) is 4.79 Å². The van der Waals surface area contributed by atoms with E-state index in [0.29, 0.717) is 24.8 Å². The average Bonchev–Trinajstić information content (AvgIpc) is 3.17. The Labute approximate surface area is 126 Å². The normalized spacial score (nSPS) is 19.6. The van der Waals surface area contributed by atoms with E-state index in [-0.39, 0.29) is 11.9 Å². The van der Waals surface area contributed by atoms with E-state index in [2.05, 4.69) is 15.0 Å². The molecule has 1 aliphatic heterocycles. The molecule has 1 unspecified atom stereocenters. The van der Waals surface area contributed by atoms with Crippen LogP contribution in [0.15, 0.2) is 22.0 Å². The lowest BCUT2D eigenvalue weighted by Crippen LogP contribution is -2.38. The molecule has 7 heteroatoms. The summed E-state index contributed by atoms with van der Waals surface area (Å²) in [6.45, 7) is 2.23. The van der Waals surface area contributed by atoms with Crippen LogP contribution in [0.25, 0.3) is 10.8 Å². The number of rotatable bonds is 4. The van der Waals surface area contributed by atoms with Gasteiger partial charge in [-0.3, -0.25) is 9.69 Å². The number of piperidine rings is 1. The number of likely N-dealkylation sites (tertiary alicyclic amines) is 1. The summed E-state index contributed by atoms with van der Waals surface area (Å²) in [6, 6.07) is 3.91. The lowest BCUT2D eigenvalue weighted by molar-refractivity contribution is -0.147. The molecule has 1 saturated heterocycles. The molecule has 0 saturated carbocycles. The molecule has 0 amide bonds. The van der Waals surface area contributed by atoms with Crippen molar-refractivity contribution in [2.45, 2.75) is 19.4 Å². The predicted octanol–water partition coefficient (Wildman–Crippen LogP) is 2.18. The van der Waals surface area contributed by atoms with Crippen molar-refractivity contribution in [3.05, 3.63) is 23.3 Å². The van der Waals surface area contributed by atoms with Crippen LogP contribution in [0.3, 0.4) is 0 Å². The molecule has 2 aromatic rings. The Bertz CT molecular complexity index is 596. The van der Waals surface area contributed by atoms with Crippen LogP contribution in [-0.4, -0.2) is 41.2 Å². The van der Waals surface area contributed by atoms with Gasteiger partial charge in [-0.2, -0.15) is 4.98 Å². The van der Waals surface area contributed by atoms with Crippen molar-refractivity contribution < 1.29 is 14.1 Å². The molecule has 0 N–H and O–H groups in total. The average molecular weight is 307 g/mol. The third-order valence-electron chi connectivity index (χ3n) is 3.61. The summed E-state index contributed by atoms with van der Waals surface area (Å²) < 4.78 is 10.1. The highest BCUT2D eigenvalue weighted by Crippen LogP contribution is 2.23. The molecule has 0 radical (unpaired) electrons. The van der Waals surface area contributed by atoms with Crippen molar-refractivity contribution in [1.29, 1.82) is 0 Å². The number of ether oxygens (including phenoxy) is 1. The zero-order valence-electron chi connectivity index (χ0n) is 11.8. The first-order valence-electron chi connectivity index (χ1n) is 6.93. The first-order valence-corrected chi connectivity index (χ1v) is 7.81. The van der Waals surface area contributed by atoms with E-state index in [1.807, 2.05) is 17.5 Å². The fourth-order valence-electron chi connectivity index (χ4n) is 2.58. The Hall–Kier alpha value is -1.73. The fraction of sp³-hybridized carbons (Fsp3) is 0.500. The maximum Gasteiger partial charge on any atom is 0.309 e. The van der Waals surface area contributed by atoms with Gasteiger partial charge in [0.25, 0.3) is 5.89 Å². The van der Waals surface area contributed by atoms with Crippen molar-refractivity contribution in [3.8, 4) is 10.8 Å². The minimum absolute atomic E-state index is 0.0487. The van der Waals surface area contributed by atoms with Crippen LogP contribution in [0, 0.1) is 5.92 Å². The van der Waals surface area contributed by atoms with Gasteiger partial charge in [0.1, 0.15) is 0 Å². The largest absolute Gasteiger partial charge is 0.469 e. The number of hydrogen-bond acceptors (Lipinski definition) is 7. The highest BCUT2D eigenvalue weighted by Gasteiger charge is 2.27. The van der Waals surface area contributed by atoms with Gasteiger partial charge in [0.05, 0.1) is 24.4 Å². The first-order chi connectivity index (χ1) is 10.3. The molecule has 0 aliphatic carbocycles. The molecule has 0 spiro atoms. The molecule has 0 aromatic carbocycles. The monoisotopic (exact) mass is 307 g/mol. The van der Waals surface area contributed by atoms with Crippen molar-refractivity contribution >= 4 is 17.3 Å². The minimum atomic E-state index is -0.132. The van der Waals surface area contributed by atoms with Crippen LogP contribution in [0.2, 0.25) is 0 Å². The molecule has 2 aromatic heterocycles. The van der Waals surface area contributed by atoms with Crippen molar-refractivity contribution in [1.82, 2.24) is 15.0 Å². The summed E-state index contributed by atoms with van der Waals surface area (Å²) in [5.74, 6) is 1.03. The molecule has 21 heavy (non-hydrogen) atoms.